The van der Waals surface area contributed by atoms with Crippen molar-refractivity contribution >= 4 is 5.91 Å². The molecular formula is C16H22N4O. The van der Waals surface area contributed by atoms with Gasteiger partial charge in [-0.05, 0) is 5.92 Å². The Bertz CT molecular complexity index is 571. The van der Waals surface area contributed by atoms with Gasteiger partial charge >= 0.3 is 0 Å². The van der Waals surface area contributed by atoms with Crippen molar-refractivity contribution in [1.29, 1.82) is 0 Å². The molecule has 5 heteroatoms. The van der Waals surface area contributed by atoms with Crippen molar-refractivity contribution in [3.8, 4) is 0 Å². The lowest BCUT2D eigenvalue weighted by molar-refractivity contribution is -0.130. The third-order valence-corrected chi connectivity index (χ3v) is 3.81. The number of dihydropyridines is 1. The number of fused-ring (bicyclic) bond motifs is 2. The summed E-state index contributed by atoms with van der Waals surface area (Å²) in [6.07, 6.45) is 10.2. The van der Waals surface area contributed by atoms with Gasteiger partial charge in [-0.3, -0.25) is 9.69 Å². The zero-order valence-corrected chi connectivity index (χ0v) is 12.8. The standard InChI is InChI=1S/C16H22N4O/c1-11(2)9-19-10-20(12(3)21)15-8-17-14-7-5-4-6-13(14)16(15)18-19/h4-8,11,14,17-18H,9-10H2,1-3H3. The maximum atomic E-state index is 12.0. The molecule has 3 aliphatic rings. The lowest BCUT2D eigenvalue weighted by atomic mass is 9.95. The van der Waals surface area contributed by atoms with E-state index in [4.69, 9.17) is 0 Å². The number of carbonyl (C=O) groups is 1. The molecule has 0 aromatic carbocycles. The first kappa shape index (κ1) is 13.9. The van der Waals surface area contributed by atoms with Gasteiger partial charge in [-0.25, -0.2) is 5.01 Å². The van der Waals surface area contributed by atoms with E-state index in [0.29, 0.717) is 12.6 Å². The maximum Gasteiger partial charge on any atom is 0.225 e. The lowest BCUT2D eigenvalue weighted by Crippen LogP contribution is -2.56. The Morgan fingerprint density at radius 1 is 1.43 bits per heavy atom. The van der Waals surface area contributed by atoms with E-state index in [0.717, 1.165) is 17.9 Å². The normalized spacial score (nSPS) is 24.3. The molecule has 0 bridgehead atoms. The van der Waals surface area contributed by atoms with Gasteiger partial charge in [0.05, 0.1) is 24.1 Å². The molecule has 1 saturated heterocycles. The van der Waals surface area contributed by atoms with E-state index in [1.54, 1.807) is 6.92 Å². The Morgan fingerprint density at radius 3 is 2.95 bits per heavy atom. The molecule has 0 aromatic heterocycles. The zero-order valence-electron chi connectivity index (χ0n) is 12.8. The van der Waals surface area contributed by atoms with E-state index in [-0.39, 0.29) is 11.9 Å². The minimum absolute atomic E-state index is 0.0604. The van der Waals surface area contributed by atoms with Crippen molar-refractivity contribution in [1.82, 2.24) is 20.7 Å². The number of hydrazine groups is 1. The number of allylic oxidation sites excluding steroid dienone is 2. The van der Waals surface area contributed by atoms with E-state index >= 15 is 0 Å². The van der Waals surface area contributed by atoms with Gasteiger partial charge in [0.25, 0.3) is 0 Å². The summed E-state index contributed by atoms with van der Waals surface area (Å²) in [4.78, 5) is 13.8. The highest BCUT2D eigenvalue weighted by molar-refractivity contribution is 5.77. The van der Waals surface area contributed by atoms with Crippen molar-refractivity contribution in [2.45, 2.75) is 26.8 Å². The summed E-state index contributed by atoms with van der Waals surface area (Å²) < 4.78 is 0. The predicted octanol–water partition coefficient (Wildman–Crippen LogP) is 1.46. The third kappa shape index (κ3) is 2.61. The van der Waals surface area contributed by atoms with Crippen LogP contribution in [0.1, 0.15) is 20.8 Å². The number of hydrogen-bond donors (Lipinski definition) is 2. The molecule has 1 aliphatic carbocycles. The van der Waals surface area contributed by atoms with Gasteiger partial charge < -0.3 is 10.7 Å². The highest BCUT2D eigenvalue weighted by Gasteiger charge is 2.33. The minimum Gasteiger partial charge on any atom is -0.379 e. The highest BCUT2D eigenvalue weighted by Crippen LogP contribution is 2.29. The van der Waals surface area contributed by atoms with Gasteiger partial charge in [-0.1, -0.05) is 38.2 Å². The SMILES string of the molecule is CC(=O)N1CN(CC(C)C)NC2=C3C=CC=CC3NC=C21. The summed E-state index contributed by atoms with van der Waals surface area (Å²) in [5, 5.41) is 5.46. The Morgan fingerprint density at radius 2 is 2.24 bits per heavy atom. The molecule has 1 amide bonds. The van der Waals surface area contributed by atoms with Crippen molar-refractivity contribution in [3.05, 3.63) is 47.5 Å². The van der Waals surface area contributed by atoms with Crippen LogP contribution in [0.2, 0.25) is 0 Å². The van der Waals surface area contributed by atoms with Crippen LogP contribution in [0.3, 0.4) is 0 Å². The lowest BCUT2D eigenvalue weighted by Gasteiger charge is -2.43. The zero-order chi connectivity index (χ0) is 15.0. The largest absolute Gasteiger partial charge is 0.379 e. The average Bonchev–Trinajstić information content (AvgIpc) is 2.45. The van der Waals surface area contributed by atoms with Crippen molar-refractivity contribution in [2.75, 3.05) is 13.2 Å². The molecule has 1 unspecified atom stereocenters. The number of rotatable bonds is 2. The van der Waals surface area contributed by atoms with Crippen molar-refractivity contribution in [2.24, 2.45) is 5.92 Å². The van der Waals surface area contributed by atoms with Gasteiger partial charge in [0, 0.05) is 25.2 Å². The summed E-state index contributed by atoms with van der Waals surface area (Å²) in [5.74, 6) is 0.590. The van der Waals surface area contributed by atoms with E-state index in [1.807, 2.05) is 23.3 Å². The second kappa shape index (κ2) is 5.41. The van der Waals surface area contributed by atoms with Gasteiger partial charge in [0.2, 0.25) is 5.91 Å². The molecule has 1 atom stereocenters. The molecule has 21 heavy (non-hydrogen) atoms. The molecule has 5 nitrogen and oxygen atoms in total. The van der Waals surface area contributed by atoms with Gasteiger partial charge in [-0.15, -0.1) is 0 Å². The molecule has 3 rings (SSSR count). The summed E-state index contributed by atoms with van der Waals surface area (Å²) in [6, 6.07) is 0.175. The number of carbonyl (C=O) groups excluding carboxylic acids is 1. The molecule has 2 aliphatic heterocycles. The Balaban J connectivity index is 1.97. The second-order valence-electron chi connectivity index (χ2n) is 6.06. The van der Waals surface area contributed by atoms with Crippen LogP contribution in [0.15, 0.2) is 47.5 Å². The Kier molecular flexibility index (Phi) is 3.59. The topological polar surface area (TPSA) is 47.6 Å². The molecule has 1 fully saturated rings. The van der Waals surface area contributed by atoms with Crippen LogP contribution in [0, 0.1) is 5.92 Å². The van der Waals surface area contributed by atoms with Crippen LogP contribution in [0.4, 0.5) is 0 Å². The average molecular weight is 286 g/mol. The van der Waals surface area contributed by atoms with Crippen LogP contribution in [0.25, 0.3) is 0 Å². The van der Waals surface area contributed by atoms with Crippen LogP contribution in [-0.2, 0) is 4.79 Å². The molecule has 2 N–H and O–H groups in total. The Hall–Kier alpha value is -2.01. The molecule has 0 spiro atoms. The molecule has 2 heterocycles. The fourth-order valence-corrected chi connectivity index (χ4v) is 2.90. The first-order chi connectivity index (χ1) is 10.1. The smallest absolute Gasteiger partial charge is 0.225 e. The summed E-state index contributed by atoms with van der Waals surface area (Å²) >= 11 is 0. The van der Waals surface area contributed by atoms with Crippen molar-refractivity contribution < 1.29 is 4.79 Å². The third-order valence-electron chi connectivity index (χ3n) is 3.81. The first-order valence-corrected chi connectivity index (χ1v) is 7.41. The highest BCUT2D eigenvalue weighted by atomic mass is 16.2. The van der Waals surface area contributed by atoms with Crippen LogP contribution in [-0.4, -0.2) is 35.1 Å². The quantitative estimate of drug-likeness (QED) is 0.807. The molecule has 0 radical (unpaired) electrons. The van der Waals surface area contributed by atoms with Gasteiger partial charge in [0.15, 0.2) is 0 Å². The fraction of sp³-hybridized carbons (Fsp3) is 0.438. The predicted molar refractivity (Wildman–Crippen MR) is 82.4 cm³/mol. The summed E-state index contributed by atoms with van der Waals surface area (Å²) in [6.45, 7) is 7.44. The molecular weight excluding hydrogens is 264 g/mol. The van der Waals surface area contributed by atoms with E-state index in [1.165, 1.54) is 5.57 Å². The molecule has 0 aromatic rings. The van der Waals surface area contributed by atoms with Gasteiger partial charge in [0.1, 0.15) is 0 Å². The van der Waals surface area contributed by atoms with E-state index in [2.05, 4.69) is 41.8 Å². The second-order valence-corrected chi connectivity index (χ2v) is 6.06. The summed E-state index contributed by atoms with van der Waals surface area (Å²) in [7, 11) is 0. The van der Waals surface area contributed by atoms with Crippen LogP contribution in [0.5, 0.6) is 0 Å². The number of hydrogen-bond acceptors (Lipinski definition) is 4. The number of nitrogens with zero attached hydrogens (tertiary/aromatic N) is 2. The fourth-order valence-electron chi connectivity index (χ4n) is 2.90. The number of nitrogens with one attached hydrogen (secondary N) is 2. The van der Waals surface area contributed by atoms with Gasteiger partial charge in [-0.2, -0.15) is 0 Å². The molecule has 112 valence electrons. The minimum atomic E-state index is 0.0604. The van der Waals surface area contributed by atoms with Crippen molar-refractivity contribution in [3.63, 3.8) is 0 Å². The monoisotopic (exact) mass is 286 g/mol. The first-order valence-electron chi connectivity index (χ1n) is 7.41. The summed E-state index contributed by atoms with van der Waals surface area (Å²) in [5.41, 5.74) is 6.63. The van der Waals surface area contributed by atoms with Crippen LogP contribution >= 0.6 is 0 Å². The van der Waals surface area contributed by atoms with E-state index < -0.39 is 0 Å². The number of amides is 1. The van der Waals surface area contributed by atoms with E-state index in [9.17, 15) is 4.79 Å². The Labute approximate surface area is 125 Å². The molecule has 0 saturated carbocycles. The van der Waals surface area contributed by atoms with Crippen LogP contribution < -0.4 is 10.7 Å². The maximum absolute atomic E-state index is 12.0.